The van der Waals surface area contributed by atoms with Crippen LogP contribution < -0.4 is 10.1 Å². The number of hydrogen-bond acceptors (Lipinski definition) is 3. The van der Waals surface area contributed by atoms with E-state index >= 15 is 0 Å². The van der Waals surface area contributed by atoms with Crippen LogP contribution in [0.3, 0.4) is 0 Å². The largest absolute Gasteiger partial charge is 0.491 e. The number of rotatable bonds is 5. The lowest BCUT2D eigenvalue weighted by atomic mass is 10.3. The fourth-order valence-electron chi connectivity index (χ4n) is 2.15. The first-order chi connectivity index (χ1) is 8.69. The van der Waals surface area contributed by atoms with Crippen LogP contribution in [0.5, 0.6) is 5.75 Å². The van der Waals surface area contributed by atoms with E-state index in [9.17, 15) is 0 Å². The lowest BCUT2D eigenvalue weighted by molar-refractivity contribution is 0.234. The van der Waals surface area contributed by atoms with E-state index in [1.54, 1.807) is 0 Å². The van der Waals surface area contributed by atoms with E-state index in [2.05, 4.69) is 26.1 Å². The summed E-state index contributed by atoms with van der Waals surface area (Å²) in [5.41, 5.74) is 0. The molecule has 3 nitrogen and oxygen atoms in total. The molecule has 1 aliphatic heterocycles. The van der Waals surface area contributed by atoms with Crippen molar-refractivity contribution in [2.45, 2.75) is 12.5 Å². The third-order valence-corrected chi connectivity index (χ3v) is 4.09. The minimum absolute atomic E-state index is 0.632. The fraction of sp³-hybridized carbons (Fsp3) is 0.538. The van der Waals surface area contributed by atoms with E-state index in [0.29, 0.717) is 17.7 Å². The van der Waals surface area contributed by atoms with Crippen LogP contribution in [0.25, 0.3) is 0 Å². The summed E-state index contributed by atoms with van der Waals surface area (Å²) in [5.74, 6) is 0.851. The number of likely N-dealkylation sites (N-methyl/N-ethyl adjacent to an activating group) is 1. The van der Waals surface area contributed by atoms with Crippen molar-refractivity contribution in [3.63, 3.8) is 0 Å². The molecule has 0 aromatic heterocycles. The summed E-state index contributed by atoms with van der Waals surface area (Å²) in [6.45, 7) is 3.93. The smallest absolute Gasteiger partial charge is 0.133 e. The van der Waals surface area contributed by atoms with Gasteiger partial charge in [-0.1, -0.05) is 11.6 Å². The van der Waals surface area contributed by atoms with Crippen molar-refractivity contribution in [1.82, 2.24) is 10.2 Å². The quantitative estimate of drug-likeness (QED) is 0.897. The maximum absolute atomic E-state index is 5.89. The minimum Gasteiger partial charge on any atom is -0.491 e. The van der Waals surface area contributed by atoms with Crippen molar-refractivity contribution in [2.24, 2.45) is 0 Å². The highest BCUT2D eigenvalue weighted by Crippen LogP contribution is 2.27. The molecular formula is C13H18BrClN2O. The van der Waals surface area contributed by atoms with Crippen LogP contribution in [-0.4, -0.2) is 44.2 Å². The molecule has 0 aliphatic carbocycles. The molecule has 0 bridgehead atoms. The molecule has 1 aliphatic rings. The van der Waals surface area contributed by atoms with E-state index in [1.807, 2.05) is 25.2 Å². The van der Waals surface area contributed by atoms with E-state index in [0.717, 1.165) is 29.9 Å². The molecule has 0 radical (unpaired) electrons. The normalized spacial score (nSPS) is 20.3. The molecule has 0 spiro atoms. The van der Waals surface area contributed by atoms with Gasteiger partial charge in [-0.15, -0.1) is 0 Å². The molecular weight excluding hydrogens is 316 g/mol. The van der Waals surface area contributed by atoms with Gasteiger partial charge in [0.1, 0.15) is 12.4 Å². The van der Waals surface area contributed by atoms with Gasteiger partial charge in [0.2, 0.25) is 0 Å². The van der Waals surface area contributed by atoms with Gasteiger partial charge in [-0.2, -0.15) is 0 Å². The molecule has 5 heteroatoms. The Labute approximate surface area is 122 Å². The summed E-state index contributed by atoms with van der Waals surface area (Å²) in [6.07, 6.45) is 1.22. The van der Waals surface area contributed by atoms with Crippen molar-refractivity contribution in [1.29, 1.82) is 0 Å². The summed E-state index contributed by atoms with van der Waals surface area (Å²) in [7, 11) is 2.02. The Morgan fingerprint density at radius 2 is 2.39 bits per heavy atom. The van der Waals surface area contributed by atoms with Crippen LogP contribution >= 0.6 is 27.5 Å². The number of halogens is 2. The first-order valence-corrected chi connectivity index (χ1v) is 7.33. The molecule has 18 heavy (non-hydrogen) atoms. The highest BCUT2D eigenvalue weighted by atomic mass is 79.9. The standard InChI is InChI=1S/C13H18BrClN2O/c1-16-11-4-5-17(9-11)6-7-18-13-3-2-10(15)8-12(13)14/h2-3,8,11,16H,4-7,9H2,1H3. The molecule has 0 amide bonds. The predicted octanol–water partition coefficient (Wildman–Crippen LogP) is 2.78. The van der Waals surface area contributed by atoms with Crippen LogP contribution in [0, 0.1) is 0 Å². The van der Waals surface area contributed by atoms with Crippen LogP contribution in [-0.2, 0) is 0 Å². The Morgan fingerprint density at radius 3 is 3.06 bits per heavy atom. The first kappa shape index (κ1) is 14.1. The maximum atomic E-state index is 5.89. The van der Waals surface area contributed by atoms with Gasteiger partial charge in [0.25, 0.3) is 0 Å². The lowest BCUT2D eigenvalue weighted by Crippen LogP contribution is -2.31. The lowest BCUT2D eigenvalue weighted by Gasteiger charge is -2.16. The molecule has 1 aromatic rings. The molecule has 1 atom stereocenters. The topological polar surface area (TPSA) is 24.5 Å². The van der Waals surface area contributed by atoms with Crippen LogP contribution in [0.2, 0.25) is 5.02 Å². The Hall–Kier alpha value is -0.290. The number of nitrogens with one attached hydrogen (secondary N) is 1. The van der Waals surface area contributed by atoms with E-state index in [1.165, 1.54) is 6.42 Å². The zero-order valence-electron chi connectivity index (χ0n) is 10.5. The Bertz CT molecular complexity index is 403. The Morgan fingerprint density at radius 1 is 1.56 bits per heavy atom. The summed E-state index contributed by atoms with van der Waals surface area (Å²) in [4.78, 5) is 2.42. The number of benzene rings is 1. The van der Waals surface area contributed by atoms with Crippen LogP contribution in [0.4, 0.5) is 0 Å². The average Bonchev–Trinajstić information content (AvgIpc) is 2.80. The number of nitrogens with zero attached hydrogens (tertiary/aromatic N) is 1. The van der Waals surface area contributed by atoms with Gasteiger partial charge in [0.15, 0.2) is 0 Å². The van der Waals surface area contributed by atoms with E-state index < -0.39 is 0 Å². The third kappa shape index (κ3) is 3.85. The molecule has 1 heterocycles. The van der Waals surface area contributed by atoms with Gasteiger partial charge >= 0.3 is 0 Å². The molecule has 2 rings (SSSR count). The number of ether oxygens (including phenoxy) is 1. The molecule has 1 saturated heterocycles. The summed E-state index contributed by atoms with van der Waals surface area (Å²) in [6, 6.07) is 6.22. The summed E-state index contributed by atoms with van der Waals surface area (Å²) < 4.78 is 6.66. The molecule has 1 unspecified atom stereocenters. The van der Waals surface area contributed by atoms with Crippen molar-refractivity contribution >= 4 is 27.5 Å². The first-order valence-electron chi connectivity index (χ1n) is 6.16. The predicted molar refractivity (Wildman–Crippen MR) is 78.6 cm³/mol. The third-order valence-electron chi connectivity index (χ3n) is 3.24. The monoisotopic (exact) mass is 332 g/mol. The number of likely N-dealkylation sites (tertiary alicyclic amines) is 1. The van der Waals surface area contributed by atoms with Gasteiger partial charge in [0, 0.05) is 24.2 Å². The second-order valence-electron chi connectivity index (χ2n) is 4.50. The van der Waals surface area contributed by atoms with Gasteiger partial charge in [-0.3, -0.25) is 4.90 Å². The zero-order chi connectivity index (χ0) is 13.0. The van der Waals surface area contributed by atoms with Crippen molar-refractivity contribution < 1.29 is 4.74 Å². The van der Waals surface area contributed by atoms with Gasteiger partial charge < -0.3 is 10.1 Å². The summed E-state index contributed by atoms with van der Waals surface area (Å²) in [5, 5.41) is 4.03. The molecule has 1 N–H and O–H groups in total. The maximum Gasteiger partial charge on any atom is 0.133 e. The van der Waals surface area contributed by atoms with Gasteiger partial charge in [-0.25, -0.2) is 0 Å². The van der Waals surface area contributed by atoms with Crippen molar-refractivity contribution in [3.05, 3.63) is 27.7 Å². The second kappa shape index (κ2) is 6.75. The minimum atomic E-state index is 0.632. The van der Waals surface area contributed by atoms with Crippen molar-refractivity contribution in [3.8, 4) is 5.75 Å². The van der Waals surface area contributed by atoms with Crippen molar-refractivity contribution in [2.75, 3.05) is 33.3 Å². The van der Waals surface area contributed by atoms with Gasteiger partial charge in [-0.05, 0) is 54.1 Å². The Balaban J connectivity index is 1.75. The second-order valence-corrected chi connectivity index (χ2v) is 5.79. The van der Waals surface area contributed by atoms with Crippen LogP contribution in [0.1, 0.15) is 6.42 Å². The van der Waals surface area contributed by atoms with Gasteiger partial charge in [0.05, 0.1) is 4.47 Å². The van der Waals surface area contributed by atoms with E-state index in [-0.39, 0.29) is 0 Å². The molecule has 100 valence electrons. The average molecular weight is 334 g/mol. The zero-order valence-corrected chi connectivity index (χ0v) is 12.8. The highest BCUT2D eigenvalue weighted by Gasteiger charge is 2.20. The molecule has 1 aromatic carbocycles. The highest BCUT2D eigenvalue weighted by molar-refractivity contribution is 9.10. The van der Waals surface area contributed by atoms with Crippen LogP contribution in [0.15, 0.2) is 22.7 Å². The van der Waals surface area contributed by atoms with E-state index in [4.69, 9.17) is 16.3 Å². The molecule has 1 fully saturated rings. The Kier molecular flexibility index (Phi) is 5.30. The summed E-state index contributed by atoms with van der Waals surface area (Å²) >= 11 is 9.33. The molecule has 0 saturated carbocycles. The SMILES string of the molecule is CNC1CCN(CCOc2ccc(Cl)cc2Br)C1. The fourth-order valence-corrected chi connectivity index (χ4v) is 2.95. The number of hydrogen-bond donors (Lipinski definition) is 1.